The number of rotatable bonds is 5. The van der Waals surface area contributed by atoms with Crippen molar-refractivity contribution >= 4 is 27.5 Å². The van der Waals surface area contributed by atoms with Crippen LogP contribution in [-0.4, -0.2) is 29.6 Å². The van der Waals surface area contributed by atoms with Crippen molar-refractivity contribution in [1.29, 1.82) is 0 Å². The first-order valence-electron chi connectivity index (χ1n) is 4.46. The number of anilines is 1. The molecule has 0 unspecified atom stereocenters. The van der Waals surface area contributed by atoms with Crippen molar-refractivity contribution in [3.05, 3.63) is 24.3 Å². The number of aliphatic hydroxyl groups is 1. The number of amides is 1. The maximum atomic E-state index is 11.0. The molecule has 0 aliphatic carbocycles. The van der Waals surface area contributed by atoms with E-state index in [2.05, 4.69) is 21.2 Å². The predicted molar refractivity (Wildman–Crippen MR) is 61.4 cm³/mol. The number of hydrogen-bond donors (Lipinski definition) is 2. The number of alkyl halides is 1. The van der Waals surface area contributed by atoms with Crippen molar-refractivity contribution in [2.75, 3.05) is 23.9 Å². The second-order valence-electron chi connectivity index (χ2n) is 2.78. The third-order valence-electron chi connectivity index (χ3n) is 1.62. The number of halogens is 1. The predicted octanol–water partition coefficient (Wildman–Crippen LogP) is 1.39. The van der Waals surface area contributed by atoms with E-state index in [-0.39, 0.29) is 24.5 Å². The average Bonchev–Trinajstić information content (AvgIpc) is 2.28. The van der Waals surface area contributed by atoms with Gasteiger partial charge in [-0.3, -0.25) is 4.79 Å². The average molecular weight is 274 g/mol. The summed E-state index contributed by atoms with van der Waals surface area (Å²) in [7, 11) is 0. The van der Waals surface area contributed by atoms with E-state index >= 15 is 0 Å². The van der Waals surface area contributed by atoms with E-state index in [1.807, 2.05) is 0 Å². The lowest BCUT2D eigenvalue weighted by atomic mass is 10.3. The van der Waals surface area contributed by atoms with Crippen LogP contribution >= 0.6 is 15.9 Å². The topological polar surface area (TPSA) is 58.6 Å². The molecule has 1 rings (SSSR count). The molecule has 2 N–H and O–H groups in total. The highest BCUT2D eigenvalue weighted by atomic mass is 79.9. The van der Waals surface area contributed by atoms with Gasteiger partial charge in [0.05, 0.1) is 11.9 Å². The van der Waals surface area contributed by atoms with E-state index in [0.717, 1.165) is 5.69 Å². The first-order valence-corrected chi connectivity index (χ1v) is 5.58. The van der Waals surface area contributed by atoms with Crippen LogP contribution in [0.25, 0.3) is 0 Å². The molecular weight excluding hydrogens is 262 g/mol. The van der Waals surface area contributed by atoms with Gasteiger partial charge in [0.15, 0.2) is 0 Å². The summed E-state index contributed by atoms with van der Waals surface area (Å²) >= 11 is 3.06. The summed E-state index contributed by atoms with van der Waals surface area (Å²) in [6, 6.07) is 6.96. The van der Waals surface area contributed by atoms with E-state index in [1.165, 1.54) is 0 Å². The molecule has 1 aromatic rings. The third-order valence-corrected chi connectivity index (χ3v) is 2.13. The van der Waals surface area contributed by atoms with Gasteiger partial charge in [0.1, 0.15) is 12.4 Å². The van der Waals surface area contributed by atoms with E-state index in [0.29, 0.717) is 5.75 Å². The molecule has 0 aliphatic rings. The lowest BCUT2D eigenvalue weighted by molar-refractivity contribution is -0.113. The van der Waals surface area contributed by atoms with Gasteiger partial charge >= 0.3 is 0 Å². The van der Waals surface area contributed by atoms with Crippen LogP contribution in [0, 0.1) is 0 Å². The highest BCUT2D eigenvalue weighted by Gasteiger charge is 1.99. The van der Waals surface area contributed by atoms with E-state index in [9.17, 15) is 4.79 Å². The van der Waals surface area contributed by atoms with Crippen molar-refractivity contribution in [3.8, 4) is 5.75 Å². The summed E-state index contributed by atoms with van der Waals surface area (Å²) in [5.41, 5.74) is 0.718. The van der Waals surface area contributed by atoms with Crippen LogP contribution in [0.1, 0.15) is 0 Å². The van der Waals surface area contributed by atoms with Crippen molar-refractivity contribution in [2.24, 2.45) is 0 Å². The van der Waals surface area contributed by atoms with Crippen molar-refractivity contribution < 1.29 is 14.6 Å². The fraction of sp³-hybridized carbons (Fsp3) is 0.300. The van der Waals surface area contributed by atoms with Gasteiger partial charge in [-0.25, -0.2) is 0 Å². The van der Waals surface area contributed by atoms with E-state index < -0.39 is 0 Å². The van der Waals surface area contributed by atoms with Crippen LogP contribution in [0.5, 0.6) is 5.75 Å². The number of aliphatic hydroxyl groups excluding tert-OH is 1. The maximum absolute atomic E-state index is 11.0. The second kappa shape index (κ2) is 6.42. The highest BCUT2D eigenvalue weighted by Crippen LogP contribution is 2.15. The first kappa shape index (κ1) is 12.0. The number of nitrogens with one attached hydrogen (secondary N) is 1. The minimum absolute atomic E-state index is 0.0118. The molecule has 5 heteroatoms. The summed E-state index contributed by atoms with van der Waals surface area (Å²) in [5, 5.41) is 11.5. The van der Waals surface area contributed by atoms with E-state index in [4.69, 9.17) is 9.84 Å². The molecule has 15 heavy (non-hydrogen) atoms. The van der Waals surface area contributed by atoms with Gasteiger partial charge in [-0.05, 0) is 24.3 Å². The lowest BCUT2D eigenvalue weighted by Gasteiger charge is -2.06. The summed E-state index contributed by atoms with van der Waals surface area (Å²) in [5.74, 6) is 0.569. The van der Waals surface area contributed by atoms with Crippen LogP contribution in [0.3, 0.4) is 0 Å². The SMILES string of the molecule is O=C(CBr)Nc1ccc(OCCO)cc1. The molecule has 0 aromatic heterocycles. The summed E-state index contributed by atoms with van der Waals surface area (Å²) in [6.45, 7) is 0.259. The molecule has 0 saturated heterocycles. The van der Waals surface area contributed by atoms with Gasteiger partial charge in [0.25, 0.3) is 0 Å². The molecule has 1 aromatic carbocycles. The zero-order valence-electron chi connectivity index (χ0n) is 8.07. The van der Waals surface area contributed by atoms with Gasteiger partial charge in [0.2, 0.25) is 5.91 Å². The largest absolute Gasteiger partial charge is 0.491 e. The lowest BCUT2D eigenvalue weighted by Crippen LogP contribution is -2.12. The monoisotopic (exact) mass is 273 g/mol. The molecule has 1 amide bonds. The molecule has 0 aliphatic heterocycles. The molecule has 0 bridgehead atoms. The Balaban J connectivity index is 2.52. The number of carbonyl (C=O) groups is 1. The smallest absolute Gasteiger partial charge is 0.235 e. The fourth-order valence-electron chi connectivity index (χ4n) is 0.992. The van der Waals surface area contributed by atoms with Crippen LogP contribution in [0.2, 0.25) is 0 Å². The van der Waals surface area contributed by atoms with Crippen LogP contribution < -0.4 is 10.1 Å². The maximum Gasteiger partial charge on any atom is 0.235 e. The minimum atomic E-state index is -0.0981. The number of carbonyl (C=O) groups excluding carboxylic acids is 1. The highest BCUT2D eigenvalue weighted by molar-refractivity contribution is 9.09. The Hall–Kier alpha value is -1.07. The summed E-state index contributed by atoms with van der Waals surface area (Å²) < 4.78 is 5.17. The summed E-state index contributed by atoms with van der Waals surface area (Å²) in [6.07, 6.45) is 0. The van der Waals surface area contributed by atoms with Gasteiger partial charge < -0.3 is 15.2 Å². The van der Waals surface area contributed by atoms with Gasteiger partial charge in [-0.1, -0.05) is 15.9 Å². The zero-order valence-corrected chi connectivity index (χ0v) is 9.66. The molecule has 0 radical (unpaired) electrons. The molecular formula is C10H12BrNO3. The molecule has 0 saturated carbocycles. The Kier molecular flexibility index (Phi) is 5.14. The van der Waals surface area contributed by atoms with Crippen molar-refractivity contribution in [1.82, 2.24) is 0 Å². The molecule has 0 atom stereocenters. The van der Waals surface area contributed by atoms with Crippen molar-refractivity contribution in [3.63, 3.8) is 0 Å². The summed E-state index contributed by atoms with van der Waals surface area (Å²) in [4.78, 5) is 11.0. The minimum Gasteiger partial charge on any atom is -0.491 e. The molecule has 82 valence electrons. The van der Waals surface area contributed by atoms with Gasteiger partial charge in [0, 0.05) is 5.69 Å². The molecule has 4 nitrogen and oxygen atoms in total. The first-order chi connectivity index (χ1) is 7.26. The van der Waals surface area contributed by atoms with Gasteiger partial charge in [-0.15, -0.1) is 0 Å². The van der Waals surface area contributed by atoms with Gasteiger partial charge in [-0.2, -0.15) is 0 Å². The normalized spacial score (nSPS) is 9.73. The van der Waals surface area contributed by atoms with Crippen LogP contribution in [-0.2, 0) is 4.79 Å². The molecule has 0 heterocycles. The Bertz CT molecular complexity index is 313. The van der Waals surface area contributed by atoms with Crippen molar-refractivity contribution in [2.45, 2.75) is 0 Å². The number of ether oxygens (including phenoxy) is 1. The molecule has 0 fully saturated rings. The Morgan fingerprint density at radius 2 is 2.07 bits per heavy atom. The quantitative estimate of drug-likeness (QED) is 0.798. The van der Waals surface area contributed by atoms with Crippen LogP contribution in [0.4, 0.5) is 5.69 Å². The zero-order chi connectivity index (χ0) is 11.1. The third kappa shape index (κ3) is 4.31. The standard InChI is InChI=1S/C10H12BrNO3/c11-7-10(14)12-8-1-3-9(4-2-8)15-6-5-13/h1-4,13H,5-7H2,(H,12,14). The van der Waals surface area contributed by atoms with Crippen LogP contribution in [0.15, 0.2) is 24.3 Å². The Morgan fingerprint density at radius 1 is 1.40 bits per heavy atom. The Morgan fingerprint density at radius 3 is 2.60 bits per heavy atom. The van der Waals surface area contributed by atoms with E-state index in [1.54, 1.807) is 24.3 Å². The number of benzene rings is 1. The fourth-order valence-corrected chi connectivity index (χ4v) is 1.13. The Labute approximate surface area is 96.4 Å². The molecule has 0 spiro atoms. The number of hydrogen-bond acceptors (Lipinski definition) is 3. The second-order valence-corrected chi connectivity index (χ2v) is 3.34.